The van der Waals surface area contributed by atoms with Gasteiger partial charge in [-0.05, 0) is 42.5 Å². The Morgan fingerprint density at radius 2 is 1.97 bits per heavy atom. The van der Waals surface area contributed by atoms with E-state index in [-0.39, 0.29) is 5.13 Å². The molecule has 6 rings (SSSR count). The lowest BCUT2D eigenvalue weighted by Crippen LogP contribution is -2.01. The molecule has 9 heteroatoms. The Kier molecular flexibility index (Phi) is 4.22. The van der Waals surface area contributed by atoms with E-state index in [9.17, 15) is 4.39 Å². The number of nitrogens with one attached hydrogen (secondary N) is 2. The van der Waals surface area contributed by atoms with Gasteiger partial charge in [0.15, 0.2) is 11.0 Å². The lowest BCUT2D eigenvalue weighted by Gasteiger charge is -2.02. The van der Waals surface area contributed by atoms with Gasteiger partial charge in [0.2, 0.25) is 0 Å². The SMILES string of the molecule is NC1=CC=C(c2ccc(F)s2)c2nc(-c3n[nH]c4cnc(-c5ccccn5)cc34)[nH]c2C1. The van der Waals surface area contributed by atoms with Crippen LogP contribution in [-0.4, -0.2) is 30.1 Å². The zero-order chi connectivity index (χ0) is 21.7. The summed E-state index contributed by atoms with van der Waals surface area (Å²) < 4.78 is 13.7. The van der Waals surface area contributed by atoms with Crippen molar-refractivity contribution < 1.29 is 4.39 Å². The number of fused-ring (bicyclic) bond motifs is 2. The van der Waals surface area contributed by atoms with Crippen LogP contribution in [0.5, 0.6) is 0 Å². The summed E-state index contributed by atoms with van der Waals surface area (Å²) >= 11 is 1.08. The fraction of sp³-hybridized carbons (Fsp3) is 0.0435. The van der Waals surface area contributed by atoms with Crippen molar-refractivity contribution in [1.82, 2.24) is 30.1 Å². The van der Waals surface area contributed by atoms with E-state index in [2.05, 4.69) is 25.1 Å². The number of hydrogen-bond donors (Lipinski definition) is 3. The summed E-state index contributed by atoms with van der Waals surface area (Å²) in [5, 5.41) is 8.14. The van der Waals surface area contributed by atoms with Crippen molar-refractivity contribution in [2.75, 3.05) is 0 Å². The van der Waals surface area contributed by atoms with E-state index in [1.165, 1.54) is 6.07 Å². The molecular formula is C23H16FN7S. The number of nitrogens with two attached hydrogens (primary N) is 1. The minimum absolute atomic E-state index is 0.243. The molecule has 0 unspecified atom stereocenters. The third-order valence-corrected chi connectivity index (χ3v) is 6.22. The minimum Gasteiger partial charge on any atom is -0.402 e. The first-order valence-electron chi connectivity index (χ1n) is 9.93. The maximum Gasteiger partial charge on any atom is 0.176 e. The first-order valence-corrected chi connectivity index (χ1v) is 10.7. The average molecular weight is 441 g/mol. The molecule has 1 aliphatic carbocycles. The van der Waals surface area contributed by atoms with E-state index in [4.69, 9.17) is 10.7 Å². The van der Waals surface area contributed by atoms with Crippen molar-refractivity contribution in [2.24, 2.45) is 5.73 Å². The molecule has 0 saturated carbocycles. The summed E-state index contributed by atoms with van der Waals surface area (Å²) in [5.41, 5.74) is 12.3. The zero-order valence-electron chi connectivity index (χ0n) is 16.6. The third kappa shape index (κ3) is 3.10. The highest BCUT2D eigenvalue weighted by molar-refractivity contribution is 7.11. The monoisotopic (exact) mass is 441 g/mol. The summed E-state index contributed by atoms with van der Waals surface area (Å²) in [6.07, 6.45) is 7.73. The largest absolute Gasteiger partial charge is 0.402 e. The van der Waals surface area contributed by atoms with Crippen molar-refractivity contribution in [3.05, 3.63) is 88.0 Å². The molecule has 5 heterocycles. The Labute approximate surface area is 185 Å². The van der Waals surface area contributed by atoms with Crippen molar-refractivity contribution >= 4 is 27.8 Å². The molecule has 5 aromatic rings. The Morgan fingerprint density at radius 1 is 1.03 bits per heavy atom. The van der Waals surface area contributed by atoms with Gasteiger partial charge in [-0.25, -0.2) is 4.98 Å². The van der Waals surface area contributed by atoms with Gasteiger partial charge in [-0.1, -0.05) is 6.07 Å². The lowest BCUT2D eigenvalue weighted by molar-refractivity contribution is 0.657. The fourth-order valence-electron chi connectivity index (χ4n) is 3.81. The number of thiophene rings is 1. The van der Waals surface area contributed by atoms with E-state index in [1.807, 2.05) is 36.4 Å². The van der Waals surface area contributed by atoms with Crippen LogP contribution in [-0.2, 0) is 6.42 Å². The number of hydrogen-bond acceptors (Lipinski definition) is 6. The van der Waals surface area contributed by atoms with Gasteiger partial charge in [0.25, 0.3) is 0 Å². The van der Waals surface area contributed by atoms with Crippen LogP contribution in [0, 0.1) is 5.13 Å². The van der Waals surface area contributed by atoms with E-state index in [0.29, 0.717) is 23.6 Å². The summed E-state index contributed by atoms with van der Waals surface area (Å²) in [4.78, 5) is 17.9. The first-order chi connectivity index (χ1) is 15.7. The summed E-state index contributed by atoms with van der Waals surface area (Å²) in [5.74, 6) is 0.608. The lowest BCUT2D eigenvalue weighted by atomic mass is 10.1. The van der Waals surface area contributed by atoms with Gasteiger partial charge in [0, 0.05) is 39.8 Å². The molecule has 0 atom stereocenters. The second kappa shape index (κ2) is 7.24. The second-order valence-electron chi connectivity index (χ2n) is 7.42. The molecule has 156 valence electrons. The predicted molar refractivity (Wildman–Crippen MR) is 122 cm³/mol. The van der Waals surface area contributed by atoms with Crippen LogP contribution in [0.4, 0.5) is 4.39 Å². The molecule has 0 bridgehead atoms. The van der Waals surface area contributed by atoms with Gasteiger partial charge >= 0.3 is 0 Å². The molecule has 1 aliphatic rings. The number of aromatic amines is 2. The number of halogens is 1. The van der Waals surface area contributed by atoms with Crippen LogP contribution in [0.3, 0.4) is 0 Å². The van der Waals surface area contributed by atoms with Crippen molar-refractivity contribution in [3.63, 3.8) is 0 Å². The molecule has 0 aliphatic heterocycles. The van der Waals surface area contributed by atoms with Crippen molar-refractivity contribution in [1.29, 1.82) is 0 Å². The highest BCUT2D eigenvalue weighted by Gasteiger charge is 2.22. The first kappa shape index (κ1) is 18.6. The third-order valence-electron chi connectivity index (χ3n) is 5.32. The number of allylic oxidation sites excluding steroid dienone is 3. The Morgan fingerprint density at radius 3 is 2.78 bits per heavy atom. The standard InChI is InChI=1S/C23H16FN7S/c24-20-7-6-19(32-20)13-5-4-12(25)9-17-21(13)29-23(28-17)22-14-10-16(15-3-1-2-8-26-15)27-11-18(14)30-31-22/h1-8,10-11H,9,25H2,(H,28,29)(H,30,31). The highest BCUT2D eigenvalue weighted by atomic mass is 32.1. The summed E-state index contributed by atoms with van der Waals surface area (Å²) in [6, 6.07) is 10.9. The number of rotatable bonds is 3. The zero-order valence-corrected chi connectivity index (χ0v) is 17.4. The van der Waals surface area contributed by atoms with Gasteiger partial charge in [-0.2, -0.15) is 9.49 Å². The Balaban J connectivity index is 1.49. The number of imidazole rings is 1. The molecule has 4 N–H and O–H groups in total. The van der Waals surface area contributed by atoms with Crippen LogP contribution in [0.2, 0.25) is 0 Å². The van der Waals surface area contributed by atoms with Crippen LogP contribution in [0.1, 0.15) is 16.3 Å². The second-order valence-corrected chi connectivity index (χ2v) is 8.45. The van der Waals surface area contributed by atoms with Crippen LogP contribution >= 0.6 is 11.3 Å². The molecule has 32 heavy (non-hydrogen) atoms. The average Bonchev–Trinajstić information content (AvgIpc) is 3.51. The molecule has 0 aromatic carbocycles. The van der Waals surface area contributed by atoms with Crippen LogP contribution in [0.15, 0.2) is 66.6 Å². The van der Waals surface area contributed by atoms with Crippen LogP contribution in [0.25, 0.3) is 39.4 Å². The van der Waals surface area contributed by atoms with Gasteiger partial charge in [-0.3, -0.25) is 15.1 Å². The molecule has 0 radical (unpaired) electrons. The highest BCUT2D eigenvalue weighted by Crippen LogP contribution is 2.35. The maximum atomic E-state index is 13.7. The van der Waals surface area contributed by atoms with Crippen LogP contribution < -0.4 is 5.73 Å². The topological polar surface area (TPSA) is 109 Å². The molecule has 5 aromatic heterocycles. The molecular weight excluding hydrogens is 425 g/mol. The van der Waals surface area contributed by atoms with E-state index >= 15 is 0 Å². The number of pyridine rings is 2. The van der Waals surface area contributed by atoms with Gasteiger partial charge in [0.05, 0.1) is 28.8 Å². The summed E-state index contributed by atoms with van der Waals surface area (Å²) in [7, 11) is 0. The molecule has 0 saturated heterocycles. The smallest absolute Gasteiger partial charge is 0.176 e. The van der Waals surface area contributed by atoms with Gasteiger partial charge in [-0.15, -0.1) is 11.3 Å². The summed E-state index contributed by atoms with van der Waals surface area (Å²) in [6.45, 7) is 0. The molecule has 0 spiro atoms. The molecule has 0 amide bonds. The quantitative estimate of drug-likeness (QED) is 0.383. The van der Waals surface area contributed by atoms with Crippen molar-refractivity contribution in [2.45, 2.75) is 6.42 Å². The Hall–Kier alpha value is -4.11. The number of aromatic nitrogens is 6. The molecule has 0 fully saturated rings. The minimum atomic E-state index is -0.243. The Bertz CT molecular complexity index is 1520. The van der Waals surface area contributed by atoms with E-state index < -0.39 is 0 Å². The predicted octanol–water partition coefficient (Wildman–Crippen LogP) is 4.44. The normalized spacial score (nSPS) is 13.5. The van der Waals surface area contributed by atoms with E-state index in [0.717, 1.165) is 55.5 Å². The number of H-pyrrole nitrogens is 2. The van der Waals surface area contributed by atoms with Gasteiger partial charge < -0.3 is 10.7 Å². The maximum absolute atomic E-state index is 13.7. The van der Waals surface area contributed by atoms with E-state index in [1.54, 1.807) is 18.5 Å². The molecule has 7 nitrogen and oxygen atoms in total. The van der Waals surface area contributed by atoms with Crippen molar-refractivity contribution in [3.8, 4) is 22.9 Å². The number of nitrogens with zero attached hydrogens (tertiary/aromatic N) is 4. The fourth-order valence-corrected chi connectivity index (χ4v) is 4.57. The van der Waals surface area contributed by atoms with Gasteiger partial charge in [0.1, 0.15) is 5.69 Å².